The number of carbonyl (C=O) groups excluding carboxylic acids is 1. The first-order valence-electron chi connectivity index (χ1n) is 5.56. The van der Waals surface area contributed by atoms with Gasteiger partial charge in [0.05, 0.1) is 12.2 Å². The molecule has 86 valence electrons. The smallest absolute Gasteiger partial charge is 0.249 e. The second-order valence-electron chi connectivity index (χ2n) is 4.63. The monoisotopic (exact) mass is 211 g/mol. The number of amides is 1. The number of ether oxygens (including phenoxy) is 1. The molecule has 0 spiro atoms. The third kappa shape index (κ3) is 3.34. The first-order valence-corrected chi connectivity index (χ1v) is 5.56. The van der Waals surface area contributed by atoms with E-state index in [0.29, 0.717) is 19.7 Å². The molecule has 0 aliphatic carbocycles. The Morgan fingerprint density at radius 1 is 1.53 bits per heavy atom. The van der Waals surface area contributed by atoms with Gasteiger partial charge in [-0.15, -0.1) is 0 Å². The maximum atomic E-state index is 12.0. The van der Waals surface area contributed by atoms with Gasteiger partial charge in [-0.2, -0.15) is 0 Å². The van der Waals surface area contributed by atoms with E-state index in [2.05, 4.69) is 0 Å². The van der Waals surface area contributed by atoms with Crippen LogP contribution in [0.25, 0.3) is 0 Å². The molecule has 0 aromatic heterocycles. The van der Waals surface area contributed by atoms with Gasteiger partial charge in [-0.25, -0.2) is 0 Å². The van der Waals surface area contributed by atoms with E-state index >= 15 is 0 Å². The highest BCUT2D eigenvalue weighted by Crippen LogP contribution is 2.18. The first-order chi connectivity index (χ1) is 6.96. The van der Waals surface area contributed by atoms with Crippen molar-refractivity contribution >= 4 is 5.91 Å². The van der Waals surface area contributed by atoms with Crippen molar-refractivity contribution in [1.29, 1.82) is 0 Å². The number of hydrogen-bond donors (Lipinski definition) is 0. The van der Waals surface area contributed by atoms with Gasteiger partial charge in [0.25, 0.3) is 0 Å². The van der Waals surface area contributed by atoms with Gasteiger partial charge in [0, 0.05) is 18.7 Å². The molecule has 1 fully saturated rings. The molecule has 0 unspecified atom stereocenters. The minimum Gasteiger partial charge on any atom is -0.372 e. The van der Waals surface area contributed by atoms with Gasteiger partial charge in [-0.3, -0.25) is 4.79 Å². The van der Waals surface area contributed by atoms with Gasteiger partial charge in [-0.1, -0.05) is 13.0 Å². The molecule has 3 nitrogen and oxygen atoms in total. The maximum Gasteiger partial charge on any atom is 0.249 e. The van der Waals surface area contributed by atoms with Crippen LogP contribution >= 0.6 is 0 Å². The van der Waals surface area contributed by atoms with E-state index in [-0.39, 0.29) is 11.5 Å². The highest BCUT2D eigenvalue weighted by molar-refractivity contribution is 5.92. The fourth-order valence-electron chi connectivity index (χ4n) is 1.83. The predicted octanol–water partition coefficient (Wildman–Crippen LogP) is 1.98. The molecule has 0 bridgehead atoms. The first kappa shape index (κ1) is 12.2. The molecule has 1 aliphatic rings. The standard InChI is InChI=1S/C12H21NO2/c1-5-6-10(2)11(14)13-7-8-15-12(3,4)9-13/h6H,5,7-9H2,1-4H3/b10-6+. The summed E-state index contributed by atoms with van der Waals surface area (Å²) in [6.45, 7) is 9.99. The number of morpholine rings is 1. The molecule has 1 amide bonds. The van der Waals surface area contributed by atoms with Crippen molar-refractivity contribution in [2.45, 2.75) is 39.7 Å². The molecule has 0 aromatic carbocycles. The zero-order valence-corrected chi connectivity index (χ0v) is 10.2. The lowest BCUT2D eigenvalue weighted by Crippen LogP contribution is -2.50. The molecular weight excluding hydrogens is 190 g/mol. The highest BCUT2D eigenvalue weighted by atomic mass is 16.5. The molecule has 1 rings (SSSR count). The van der Waals surface area contributed by atoms with Gasteiger partial charge in [-0.05, 0) is 27.2 Å². The van der Waals surface area contributed by atoms with Crippen molar-refractivity contribution in [3.05, 3.63) is 11.6 Å². The Hall–Kier alpha value is -0.830. The van der Waals surface area contributed by atoms with E-state index in [4.69, 9.17) is 4.74 Å². The lowest BCUT2D eigenvalue weighted by Gasteiger charge is -2.38. The summed E-state index contributed by atoms with van der Waals surface area (Å²) < 4.78 is 5.57. The van der Waals surface area contributed by atoms with E-state index < -0.39 is 0 Å². The van der Waals surface area contributed by atoms with E-state index in [1.807, 2.05) is 38.7 Å². The summed E-state index contributed by atoms with van der Waals surface area (Å²) in [5.74, 6) is 0.147. The molecular formula is C12H21NO2. The van der Waals surface area contributed by atoms with Crippen molar-refractivity contribution < 1.29 is 9.53 Å². The van der Waals surface area contributed by atoms with Crippen LogP contribution in [0.15, 0.2) is 11.6 Å². The van der Waals surface area contributed by atoms with Crippen LogP contribution in [0.5, 0.6) is 0 Å². The number of allylic oxidation sites excluding steroid dienone is 1. The fraction of sp³-hybridized carbons (Fsp3) is 0.750. The average Bonchev–Trinajstić information content (AvgIpc) is 2.15. The van der Waals surface area contributed by atoms with E-state index in [0.717, 1.165) is 12.0 Å². The lowest BCUT2D eigenvalue weighted by molar-refractivity contribution is -0.141. The zero-order valence-electron chi connectivity index (χ0n) is 10.2. The second kappa shape index (κ2) is 4.79. The molecule has 1 aliphatic heterocycles. The SMILES string of the molecule is CC/C=C(\C)C(=O)N1CCOC(C)(C)C1. The summed E-state index contributed by atoms with van der Waals surface area (Å²) in [4.78, 5) is 13.9. The Morgan fingerprint density at radius 3 is 2.73 bits per heavy atom. The number of rotatable bonds is 2. The summed E-state index contributed by atoms with van der Waals surface area (Å²) in [6, 6.07) is 0. The van der Waals surface area contributed by atoms with Crippen LogP contribution in [-0.2, 0) is 9.53 Å². The normalized spacial score (nSPS) is 21.6. The van der Waals surface area contributed by atoms with E-state index in [1.54, 1.807) is 0 Å². The van der Waals surface area contributed by atoms with Crippen molar-refractivity contribution in [1.82, 2.24) is 4.90 Å². The summed E-state index contributed by atoms with van der Waals surface area (Å²) in [5.41, 5.74) is 0.635. The lowest BCUT2D eigenvalue weighted by atomic mass is 10.1. The largest absolute Gasteiger partial charge is 0.372 e. The Bertz CT molecular complexity index is 269. The van der Waals surface area contributed by atoms with Gasteiger partial charge >= 0.3 is 0 Å². The summed E-state index contributed by atoms with van der Waals surface area (Å²) in [7, 11) is 0. The average molecular weight is 211 g/mol. The Morgan fingerprint density at radius 2 is 2.20 bits per heavy atom. The van der Waals surface area contributed by atoms with Gasteiger partial charge in [0.1, 0.15) is 0 Å². The third-order valence-electron chi connectivity index (χ3n) is 2.56. The maximum absolute atomic E-state index is 12.0. The summed E-state index contributed by atoms with van der Waals surface area (Å²) >= 11 is 0. The van der Waals surface area contributed by atoms with E-state index in [9.17, 15) is 4.79 Å². The van der Waals surface area contributed by atoms with Crippen LogP contribution in [0, 0.1) is 0 Å². The van der Waals surface area contributed by atoms with Gasteiger partial charge in [0.2, 0.25) is 5.91 Å². The summed E-state index contributed by atoms with van der Waals surface area (Å²) in [5, 5.41) is 0. The Kier molecular flexibility index (Phi) is 3.91. The molecule has 0 N–H and O–H groups in total. The molecule has 1 heterocycles. The number of hydrogen-bond acceptors (Lipinski definition) is 2. The quantitative estimate of drug-likeness (QED) is 0.654. The molecule has 15 heavy (non-hydrogen) atoms. The molecule has 0 saturated carbocycles. The van der Waals surface area contributed by atoms with Crippen LogP contribution in [0.4, 0.5) is 0 Å². The molecule has 0 atom stereocenters. The number of nitrogens with zero attached hydrogens (tertiary/aromatic N) is 1. The van der Waals surface area contributed by atoms with Gasteiger partial charge in [0.15, 0.2) is 0 Å². The van der Waals surface area contributed by atoms with Crippen molar-refractivity contribution in [3.63, 3.8) is 0 Å². The van der Waals surface area contributed by atoms with Crippen LogP contribution in [0.2, 0.25) is 0 Å². The van der Waals surface area contributed by atoms with Crippen LogP contribution in [0.1, 0.15) is 34.1 Å². The van der Waals surface area contributed by atoms with Crippen LogP contribution < -0.4 is 0 Å². The Labute approximate surface area is 92.1 Å². The molecule has 0 aromatic rings. The minimum atomic E-state index is -0.208. The molecule has 0 radical (unpaired) electrons. The topological polar surface area (TPSA) is 29.5 Å². The summed E-state index contributed by atoms with van der Waals surface area (Å²) in [6.07, 6.45) is 2.89. The fourth-order valence-corrected chi connectivity index (χ4v) is 1.83. The highest BCUT2D eigenvalue weighted by Gasteiger charge is 2.30. The number of carbonyl (C=O) groups is 1. The predicted molar refractivity (Wildman–Crippen MR) is 60.7 cm³/mol. The minimum absolute atomic E-state index is 0.147. The van der Waals surface area contributed by atoms with Crippen molar-refractivity contribution in [2.24, 2.45) is 0 Å². The third-order valence-corrected chi connectivity index (χ3v) is 2.56. The van der Waals surface area contributed by atoms with Crippen LogP contribution in [-0.4, -0.2) is 36.1 Å². The zero-order chi connectivity index (χ0) is 11.5. The second-order valence-corrected chi connectivity index (χ2v) is 4.63. The van der Waals surface area contributed by atoms with Gasteiger partial charge < -0.3 is 9.64 Å². The van der Waals surface area contributed by atoms with Crippen molar-refractivity contribution in [2.75, 3.05) is 19.7 Å². The molecule has 1 saturated heterocycles. The van der Waals surface area contributed by atoms with Crippen molar-refractivity contribution in [3.8, 4) is 0 Å². The Balaban J connectivity index is 2.64. The van der Waals surface area contributed by atoms with Crippen LogP contribution in [0.3, 0.4) is 0 Å². The van der Waals surface area contributed by atoms with E-state index in [1.165, 1.54) is 0 Å². The molecule has 3 heteroatoms.